The van der Waals surface area contributed by atoms with Crippen molar-refractivity contribution >= 4 is 34.8 Å². The van der Waals surface area contributed by atoms with Crippen molar-refractivity contribution in [1.82, 2.24) is 10.2 Å². The van der Waals surface area contributed by atoms with Crippen LogP contribution in [0.2, 0.25) is 0 Å². The molecule has 1 aliphatic carbocycles. The summed E-state index contributed by atoms with van der Waals surface area (Å²) in [5, 5.41) is 11.2. The standard InChI is InChI=1S/C11H16N4S2/c1-17-11(4-2-5-11)7-13-10-8(9(12)16)3-6-14-15-10/h3,6H,2,4-5,7H2,1H3,(H2,12,16)(H,13,15). The fourth-order valence-electron chi connectivity index (χ4n) is 1.93. The van der Waals surface area contributed by atoms with Crippen LogP contribution in [0.4, 0.5) is 5.82 Å². The topological polar surface area (TPSA) is 63.8 Å². The fraction of sp³-hybridized carbons (Fsp3) is 0.545. The van der Waals surface area contributed by atoms with E-state index in [4.69, 9.17) is 18.0 Å². The van der Waals surface area contributed by atoms with Gasteiger partial charge in [-0.15, -0.1) is 5.10 Å². The summed E-state index contributed by atoms with van der Waals surface area (Å²) in [4.78, 5) is 0.356. The van der Waals surface area contributed by atoms with Gasteiger partial charge in [-0.05, 0) is 25.2 Å². The highest BCUT2D eigenvalue weighted by molar-refractivity contribution is 8.00. The molecule has 0 amide bonds. The Morgan fingerprint density at radius 2 is 2.41 bits per heavy atom. The van der Waals surface area contributed by atoms with E-state index in [1.165, 1.54) is 19.3 Å². The van der Waals surface area contributed by atoms with Crippen LogP contribution in [0.25, 0.3) is 0 Å². The Morgan fingerprint density at radius 3 is 2.94 bits per heavy atom. The third-order valence-electron chi connectivity index (χ3n) is 3.26. The van der Waals surface area contributed by atoms with Gasteiger partial charge in [0.25, 0.3) is 0 Å². The summed E-state index contributed by atoms with van der Waals surface area (Å²) in [6.07, 6.45) is 7.58. The molecule has 1 fully saturated rings. The van der Waals surface area contributed by atoms with Gasteiger partial charge >= 0.3 is 0 Å². The molecular formula is C11H16N4S2. The molecular weight excluding hydrogens is 252 g/mol. The first kappa shape index (κ1) is 12.6. The van der Waals surface area contributed by atoms with Crippen molar-refractivity contribution in [3.05, 3.63) is 17.8 Å². The van der Waals surface area contributed by atoms with Crippen LogP contribution in [0.5, 0.6) is 0 Å². The lowest BCUT2D eigenvalue weighted by Crippen LogP contribution is -2.40. The molecule has 0 unspecified atom stereocenters. The van der Waals surface area contributed by atoms with E-state index in [2.05, 4.69) is 21.8 Å². The molecule has 0 spiro atoms. The average molecular weight is 268 g/mol. The first-order chi connectivity index (χ1) is 8.17. The van der Waals surface area contributed by atoms with Crippen molar-refractivity contribution in [2.45, 2.75) is 24.0 Å². The smallest absolute Gasteiger partial charge is 0.158 e. The van der Waals surface area contributed by atoms with Gasteiger partial charge in [-0.25, -0.2) is 0 Å². The number of nitrogens with two attached hydrogens (primary N) is 1. The number of nitrogens with zero attached hydrogens (tertiary/aromatic N) is 2. The van der Waals surface area contributed by atoms with E-state index in [-0.39, 0.29) is 0 Å². The number of thioether (sulfide) groups is 1. The lowest BCUT2D eigenvalue weighted by Gasteiger charge is -2.40. The molecule has 1 saturated carbocycles. The lowest BCUT2D eigenvalue weighted by atomic mass is 9.84. The molecule has 0 aromatic carbocycles. The van der Waals surface area contributed by atoms with Crippen LogP contribution in [-0.2, 0) is 0 Å². The average Bonchev–Trinajstić information content (AvgIpc) is 2.28. The SMILES string of the molecule is CSC1(CNc2nnccc2C(N)=S)CCC1. The molecule has 17 heavy (non-hydrogen) atoms. The van der Waals surface area contributed by atoms with Gasteiger partial charge in [-0.1, -0.05) is 18.6 Å². The van der Waals surface area contributed by atoms with Crippen molar-refractivity contribution in [2.24, 2.45) is 5.73 Å². The van der Waals surface area contributed by atoms with Gasteiger partial charge in [0, 0.05) is 11.3 Å². The van der Waals surface area contributed by atoms with Crippen LogP contribution >= 0.6 is 24.0 Å². The summed E-state index contributed by atoms with van der Waals surface area (Å²) in [6, 6.07) is 1.80. The summed E-state index contributed by atoms with van der Waals surface area (Å²) in [5.74, 6) is 0.695. The molecule has 0 radical (unpaired) electrons. The highest BCUT2D eigenvalue weighted by Crippen LogP contribution is 2.42. The Balaban J connectivity index is 2.06. The van der Waals surface area contributed by atoms with E-state index in [0.29, 0.717) is 15.6 Å². The fourth-order valence-corrected chi connectivity index (χ4v) is 3.01. The maximum Gasteiger partial charge on any atom is 0.158 e. The summed E-state index contributed by atoms with van der Waals surface area (Å²) >= 11 is 6.91. The van der Waals surface area contributed by atoms with E-state index in [0.717, 1.165) is 12.1 Å². The quantitative estimate of drug-likeness (QED) is 0.794. The molecule has 1 heterocycles. The number of hydrogen-bond donors (Lipinski definition) is 2. The number of anilines is 1. The highest BCUT2D eigenvalue weighted by Gasteiger charge is 2.36. The van der Waals surface area contributed by atoms with Crippen LogP contribution < -0.4 is 11.1 Å². The highest BCUT2D eigenvalue weighted by atomic mass is 32.2. The molecule has 3 N–H and O–H groups in total. The molecule has 0 bridgehead atoms. The maximum absolute atomic E-state index is 5.65. The summed E-state index contributed by atoms with van der Waals surface area (Å²) < 4.78 is 0.352. The van der Waals surface area contributed by atoms with Gasteiger partial charge in [-0.3, -0.25) is 0 Å². The number of aromatic nitrogens is 2. The second-order valence-corrected chi connectivity index (χ2v) is 5.97. The molecule has 4 nitrogen and oxygen atoms in total. The number of thiocarbonyl (C=S) groups is 1. The molecule has 2 rings (SSSR count). The summed E-state index contributed by atoms with van der Waals surface area (Å²) in [5.41, 5.74) is 6.42. The first-order valence-corrected chi connectivity index (χ1v) is 7.21. The first-order valence-electron chi connectivity index (χ1n) is 5.57. The third-order valence-corrected chi connectivity index (χ3v) is 4.90. The molecule has 0 aliphatic heterocycles. The van der Waals surface area contributed by atoms with E-state index < -0.39 is 0 Å². The Hall–Kier alpha value is -0.880. The minimum absolute atomic E-state index is 0.352. The molecule has 0 atom stereocenters. The Bertz CT molecular complexity index is 412. The monoisotopic (exact) mass is 268 g/mol. The maximum atomic E-state index is 5.65. The predicted molar refractivity (Wildman–Crippen MR) is 76.5 cm³/mol. The third kappa shape index (κ3) is 2.69. The van der Waals surface area contributed by atoms with Gasteiger partial charge in [0.2, 0.25) is 0 Å². The minimum atomic E-state index is 0.352. The molecule has 1 aromatic heterocycles. The zero-order valence-electron chi connectivity index (χ0n) is 9.77. The Kier molecular flexibility index (Phi) is 3.83. The molecule has 0 saturated heterocycles. The second-order valence-electron chi connectivity index (χ2n) is 4.25. The van der Waals surface area contributed by atoms with Crippen LogP contribution in [0.15, 0.2) is 12.3 Å². The van der Waals surface area contributed by atoms with Gasteiger partial charge in [0.1, 0.15) is 4.99 Å². The van der Waals surface area contributed by atoms with Crippen molar-refractivity contribution in [2.75, 3.05) is 18.1 Å². The van der Waals surface area contributed by atoms with Crippen molar-refractivity contribution in [3.8, 4) is 0 Å². The van der Waals surface area contributed by atoms with Gasteiger partial charge < -0.3 is 11.1 Å². The van der Waals surface area contributed by atoms with Gasteiger partial charge in [0.15, 0.2) is 5.82 Å². The van der Waals surface area contributed by atoms with Crippen LogP contribution in [0.3, 0.4) is 0 Å². The minimum Gasteiger partial charge on any atom is -0.389 e. The molecule has 1 aromatic rings. The van der Waals surface area contributed by atoms with Gasteiger partial charge in [0.05, 0.1) is 11.8 Å². The largest absolute Gasteiger partial charge is 0.389 e. The summed E-state index contributed by atoms with van der Waals surface area (Å²) in [7, 11) is 0. The van der Waals surface area contributed by atoms with E-state index in [1.54, 1.807) is 12.3 Å². The van der Waals surface area contributed by atoms with Crippen molar-refractivity contribution < 1.29 is 0 Å². The zero-order valence-corrected chi connectivity index (χ0v) is 11.4. The van der Waals surface area contributed by atoms with Crippen molar-refractivity contribution in [1.29, 1.82) is 0 Å². The molecule has 6 heteroatoms. The van der Waals surface area contributed by atoms with E-state index in [1.807, 2.05) is 11.8 Å². The van der Waals surface area contributed by atoms with Gasteiger partial charge in [-0.2, -0.15) is 16.9 Å². The Labute approximate surface area is 111 Å². The lowest BCUT2D eigenvalue weighted by molar-refractivity contribution is 0.379. The Morgan fingerprint density at radius 1 is 1.65 bits per heavy atom. The van der Waals surface area contributed by atoms with Crippen LogP contribution in [0, 0.1) is 0 Å². The van der Waals surface area contributed by atoms with Crippen LogP contribution in [-0.4, -0.2) is 32.7 Å². The van der Waals surface area contributed by atoms with E-state index >= 15 is 0 Å². The summed E-state index contributed by atoms with van der Waals surface area (Å²) in [6.45, 7) is 0.891. The number of hydrogen-bond acceptors (Lipinski definition) is 5. The molecule has 92 valence electrons. The van der Waals surface area contributed by atoms with E-state index in [9.17, 15) is 0 Å². The van der Waals surface area contributed by atoms with Crippen LogP contribution in [0.1, 0.15) is 24.8 Å². The molecule has 1 aliphatic rings. The predicted octanol–water partition coefficient (Wildman–Crippen LogP) is 1.81. The number of nitrogens with one attached hydrogen (secondary N) is 1. The second kappa shape index (κ2) is 5.18. The zero-order chi connectivity index (χ0) is 12.3. The number of rotatable bonds is 5. The van der Waals surface area contributed by atoms with Crippen molar-refractivity contribution in [3.63, 3.8) is 0 Å². The normalized spacial score (nSPS) is 17.2.